The van der Waals surface area contributed by atoms with Crippen molar-refractivity contribution < 1.29 is 28.7 Å². The van der Waals surface area contributed by atoms with Crippen LogP contribution >= 0.6 is 0 Å². The molecule has 22 heavy (non-hydrogen) atoms. The summed E-state index contributed by atoms with van der Waals surface area (Å²) in [4.78, 5) is 46.1. The Hall–Kier alpha value is -1.72. The summed E-state index contributed by atoms with van der Waals surface area (Å²) in [6.07, 6.45) is -0.893. The van der Waals surface area contributed by atoms with E-state index >= 15 is 0 Å². The average molecular weight is 314 g/mol. The van der Waals surface area contributed by atoms with E-state index in [4.69, 9.17) is 9.47 Å². The van der Waals surface area contributed by atoms with Gasteiger partial charge in [-0.25, -0.2) is 0 Å². The Labute approximate surface area is 131 Å². The van der Waals surface area contributed by atoms with Crippen molar-refractivity contribution in [2.45, 2.75) is 78.4 Å². The van der Waals surface area contributed by atoms with Crippen LogP contribution in [0.2, 0.25) is 0 Å². The van der Waals surface area contributed by atoms with Crippen LogP contribution in [-0.4, -0.2) is 34.7 Å². The topological polar surface area (TPSA) is 86.7 Å². The lowest BCUT2D eigenvalue weighted by Gasteiger charge is -2.19. The molecule has 6 heteroatoms. The van der Waals surface area contributed by atoms with Gasteiger partial charge in [0.2, 0.25) is 0 Å². The molecule has 0 saturated heterocycles. The van der Waals surface area contributed by atoms with Crippen LogP contribution < -0.4 is 0 Å². The molecule has 0 N–H and O–H groups in total. The first kappa shape index (κ1) is 20.3. The molecular weight excluding hydrogens is 288 g/mol. The van der Waals surface area contributed by atoms with E-state index in [-0.39, 0.29) is 37.2 Å². The predicted octanol–water partition coefficient (Wildman–Crippen LogP) is 2.37. The fraction of sp³-hybridized carbons (Fsp3) is 0.750. The van der Waals surface area contributed by atoms with E-state index in [1.807, 2.05) is 0 Å². The molecule has 0 atom stereocenters. The first-order valence-electron chi connectivity index (χ1n) is 7.25. The molecule has 0 aromatic carbocycles. The molecule has 0 aliphatic carbocycles. The Kier molecular flexibility index (Phi) is 7.43. The third-order valence-corrected chi connectivity index (χ3v) is 2.21. The zero-order valence-electron chi connectivity index (χ0n) is 14.3. The van der Waals surface area contributed by atoms with Gasteiger partial charge in [-0.1, -0.05) is 0 Å². The maximum absolute atomic E-state index is 11.6. The minimum Gasteiger partial charge on any atom is -0.460 e. The highest BCUT2D eigenvalue weighted by molar-refractivity contribution is 6.00. The third-order valence-electron chi connectivity index (χ3n) is 2.21. The minimum absolute atomic E-state index is 0.0825. The quantitative estimate of drug-likeness (QED) is 0.529. The molecule has 0 aromatic rings. The smallest absolute Gasteiger partial charge is 0.313 e. The van der Waals surface area contributed by atoms with Crippen LogP contribution in [0.5, 0.6) is 0 Å². The van der Waals surface area contributed by atoms with E-state index in [0.29, 0.717) is 0 Å². The van der Waals surface area contributed by atoms with Crippen LogP contribution in [0, 0.1) is 0 Å². The summed E-state index contributed by atoms with van der Waals surface area (Å²) in [6, 6.07) is 0. The molecule has 0 fully saturated rings. The number of ether oxygens (including phenoxy) is 2. The van der Waals surface area contributed by atoms with Crippen molar-refractivity contribution in [3.05, 3.63) is 0 Å². The number of Topliss-reactive ketones (excluding diaryl/α,β-unsaturated/α-hetero) is 2. The number of rotatable bonds is 7. The van der Waals surface area contributed by atoms with Crippen molar-refractivity contribution >= 4 is 23.5 Å². The van der Waals surface area contributed by atoms with Gasteiger partial charge in [-0.3, -0.25) is 19.2 Å². The molecule has 0 spiro atoms. The Morgan fingerprint density at radius 2 is 0.909 bits per heavy atom. The lowest BCUT2D eigenvalue weighted by Crippen LogP contribution is -2.26. The molecule has 6 nitrogen and oxygen atoms in total. The Morgan fingerprint density at radius 1 is 0.636 bits per heavy atom. The second-order valence-corrected chi connectivity index (χ2v) is 7.10. The second-order valence-electron chi connectivity index (χ2n) is 7.10. The highest BCUT2D eigenvalue weighted by Crippen LogP contribution is 2.11. The fourth-order valence-electron chi connectivity index (χ4n) is 1.53. The normalized spacial score (nSPS) is 11.7. The van der Waals surface area contributed by atoms with E-state index in [2.05, 4.69) is 0 Å². The van der Waals surface area contributed by atoms with Gasteiger partial charge >= 0.3 is 11.9 Å². The first-order chi connectivity index (χ1) is 9.78. The molecule has 0 heterocycles. The van der Waals surface area contributed by atoms with Crippen LogP contribution in [0.1, 0.15) is 67.2 Å². The zero-order valence-corrected chi connectivity index (χ0v) is 14.3. The number of ketones is 2. The average Bonchev–Trinajstić information content (AvgIpc) is 2.20. The second kappa shape index (κ2) is 8.06. The van der Waals surface area contributed by atoms with Crippen molar-refractivity contribution in [1.82, 2.24) is 0 Å². The van der Waals surface area contributed by atoms with Gasteiger partial charge < -0.3 is 9.47 Å². The highest BCUT2D eigenvalue weighted by atomic mass is 16.6. The van der Waals surface area contributed by atoms with Gasteiger partial charge in [-0.15, -0.1) is 0 Å². The zero-order chi connectivity index (χ0) is 17.6. The number of carbonyl (C=O) groups is 4. The van der Waals surface area contributed by atoms with Gasteiger partial charge in [0.1, 0.15) is 35.6 Å². The van der Waals surface area contributed by atoms with E-state index < -0.39 is 23.1 Å². The Morgan fingerprint density at radius 3 is 1.14 bits per heavy atom. The van der Waals surface area contributed by atoms with E-state index in [1.54, 1.807) is 41.5 Å². The summed E-state index contributed by atoms with van der Waals surface area (Å²) in [5, 5.41) is 0. The molecular formula is C16H26O6. The van der Waals surface area contributed by atoms with Gasteiger partial charge in [0.25, 0.3) is 0 Å². The van der Waals surface area contributed by atoms with Crippen LogP contribution in [0.15, 0.2) is 0 Å². The third kappa shape index (κ3) is 12.1. The minimum atomic E-state index is -0.649. The Bertz CT molecular complexity index is 395. The Balaban J connectivity index is 4.08. The maximum atomic E-state index is 11.6. The van der Waals surface area contributed by atoms with E-state index in [9.17, 15) is 19.2 Å². The monoisotopic (exact) mass is 314 g/mol. The van der Waals surface area contributed by atoms with Crippen LogP contribution in [-0.2, 0) is 28.7 Å². The lowest BCUT2D eigenvalue weighted by atomic mass is 10.1. The number of carbonyl (C=O) groups excluding carboxylic acids is 4. The predicted molar refractivity (Wildman–Crippen MR) is 80.2 cm³/mol. The van der Waals surface area contributed by atoms with E-state index in [0.717, 1.165) is 0 Å². The van der Waals surface area contributed by atoms with Crippen molar-refractivity contribution in [3.63, 3.8) is 0 Å². The summed E-state index contributed by atoms with van der Waals surface area (Å²) >= 11 is 0. The van der Waals surface area contributed by atoms with Gasteiger partial charge in [0.05, 0.1) is 0 Å². The van der Waals surface area contributed by atoms with Crippen molar-refractivity contribution in [2.24, 2.45) is 0 Å². The highest BCUT2D eigenvalue weighted by Gasteiger charge is 2.21. The standard InChI is InChI=1S/C16H26O6/c1-15(2,3)21-13(19)9-11(17)7-8-12(18)10-14(20)22-16(4,5)6/h7-10H2,1-6H3. The van der Waals surface area contributed by atoms with Gasteiger partial charge in [0.15, 0.2) is 0 Å². The molecule has 0 rings (SSSR count). The number of hydrogen-bond acceptors (Lipinski definition) is 6. The van der Waals surface area contributed by atoms with Crippen molar-refractivity contribution in [1.29, 1.82) is 0 Å². The molecule has 0 aromatic heterocycles. The molecule has 0 unspecified atom stereocenters. The van der Waals surface area contributed by atoms with Crippen LogP contribution in [0.4, 0.5) is 0 Å². The number of esters is 2. The molecule has 0 aliphatic rings. The SMILES string of the molecule is CC(C)(C)OC(=O)CC(=O)CCC(=O)CC(=O)OC(C)(C)C. The summed E-state index contributed by atoms with van der Waals surface area (Å²) in [6.45, 7) is 10.2. The molecule has 0 radical (unpaired) electrons. The van der Waals surface area contributed by atoms with Gasteiger partial charge in [-0.2, -0.15) is 0 Å². The molecule has 0 bridgehead atoms. The molecule has 126 valence electrons. The summed E-state index contributed by atoms with van der Waals surface area (Å²) in [5.41, 5.74) is -1.30. The van der Waals surface area contributed by atoms with Crippen molar-refractivity contribution in [3.8, 4) is 0 Å². The van der Waals surface area contributed by atoms with Gasteiger partial charge in [0, 0.05) is 12.8 Å². The largest absolute Gasteiger partial charge is 0.460 e. The van der Waals surface area contributed by atoms with Crippen LogP contribution in [0.25, 0.3) is 0 Å². The first-order valence-corrected chi connectivity index (χ1v) is 7.25. The van der Waals surface area contributed by atoms with Crippen molar-refractivity contribution in [2.75, 3.05) is 0 Å². The lowest BCUT2D eigenvalue weighted by molar-refractivity contribution is -0.158. The fourth-order valence-corrected chi connectivity index (χ4v) is 1.53. The number of hydrogen-bond donors (Lipinski definition) is 0. The molecule has 0 aliphatic heterocycles. The summed E-state index contributed by atoms with van der Waals surface area (Å²) in [5.74, 6) is -1.99. The van der Waals surface area contributed by atoms with Gasteiger partial charge in [-0.05, 0) is 41.5 Å². The summed E-state index contributed by atoms with van der Waals surface area (Å²) < 4.78 is 10.0. The van der Waals surface area contributed by atoms with E-state index in [1.165, 1.54) is 0 Å². The molecule has 0 amide bonds. The van der Waals surface area contributed by atoms with Crippen LogP contribution in [0.3, 0.4) is 0 Å². The summed E-state index contributed by atoms with van der Waals surface area (Å²) in [7, 11) is 0. The molecule has 0 saturated carbocycles. The maximum Gasteiger partial charge on any atom is 0.313 e.